The number of tetrazole rings is 1. The first-order valence-electron chi connectivity index (χ1n) is 8.86. The Morgan fingerprint density at radius 1 is 1.17 bits per heavy atom. The van der Waals surface area contributed by atoms with Crippen LogP contribution in [0.5, 0.6) is 0 Å². The molecule has 0 bridgehead atoms. The molecule has 30 heavy (non-hydrogen) atoms. The maximum absolute atomic E-state index is 14.7. The smallest absolute Gasteiger partial charge is 0.207 e. The number of hydrogen-bond acceptors (Lipinski definition) is 6. The first-order valence-corrected chi connectivity index (χ1v) is 10.3. The molecule has 2 unspecified atom stereocenters. The van der Waals surface area contributed by atoms with E-state index in [9.17, 15) is 17.2 Å². The lowest BCUT2D eigenvalue weighted by Gasteiger charge is -2.25. The fraction of sp³-hybridized carbons (Fsp3) is 0.263. The van der Waals surface area contributed by atoms with Gasteiger partial charge in [-0.15, -0.1) is 10.2 Å². The predicted octanol–water partition coefficient (Wildman–Crippen LogP) is 2.79. The van der Waals surface area contributed by atoms with E-state index < -0.39 is 39.2 Å². The zero-order valence-corrected chi connectivity index (χ0v) is 17.1. The Morgan fingerprint density at radius 2 is 1.87 bits per heavy atom. The number of benzene rings is 2. The summed E-state index contributed by atoms with van der Waals surface area (Å²) in [6.45, 7) is 5.20. The van der Waals surface area contributed by atoms with E-state index in [0.717, 1.165) is 23.8 Å². The molecule has 0 aliphatic carbocycles. The molecule has 0 saturated carbocycles. The third-order valence-electron chi connectivity index (χ3n) is 4.98. The van der Waals surface area contributed by atoms with Crippen LogP contribution >= 0.6 is 0 Å². The van der Waals surface area contributed by atoms with Gasteiger partial charge in [-0.1, -0.05) is 18.2 Å². The van der Waals surface area contributed by atoms with E-state index in [1.54, 1.807) is 26.0 Å². The number of H-pyrrole nitrogens is 1. The average molecular weight is 432 g/mol. The van der Waals surface area contributed by atoms with Gasteiger partial charge in [0.1, 0.15) is 17.7 Å². The number of nitrogens with zero attached hydrogens (tertiary/aromatic N) is 4. The van der Waals surface area contributed by atoms with E-state index in [4.69, 9.17) is 5.26 Å². The topological polar surface area (TPSA) is 124 Å². The van der Waals surface area contributed by atoms with E-state index in [-0.39, 0.29) is 10.7 Å². The number of hydrogen-bond donors (Lipinski definition) is 2. The van der Waals surface area contributed by atoms with E-state index in [1.165, 1.54) is 6.07 Å². The minimum atomic E-state index is -4.24. The van der Waals surface area contributed by atoms with Crippen molar-refractivity contribution in [3.63, 3.8) is 0 Å². The largest absolute Gasteiger partial charge is 0.241 e. The summed E-state index contributed by atoms with van der Waals surface area (Å²) in [6.07, 6.45) is 0. The van der Waals surface area contributed by atoms with Crippen LogP contribution in [0.15, 0.2) is 35.2 Å². The Morgan fingerprint density at radius 3 is 2.50 bits per heavy atom. The molecule has 0 saturated heterocycles. The first kappa shape index (κ1) is 21.5. The van der Waals surface area contributed by atoms with E-state index in [1.807, 2.05) is 6.92 Å². The molecule has 1 aromatic heterocycles. The van der Waals surface area contributed by atoms with Crippen LogP contribution in [-0.2, 0) is 10.0 Å². The van der Waals surface area contributed by atoms with Crippen molar-refractivity contribution in [3.05, 3.63) is 70.0 Å². The van der Waals surface area contributed by atoms with Crippen LogP contribution in [0.3, 0.4) is 0 Å². The molecule has 11 heteroatoms. The van der Waals surface area contributed by atoms with Crippen molar-refractivity contribution in [3.8, 4) is 6.07 Å². The molecule has 8 nitrogen and oxygen atoms in total. The number of aromatic nitrogens is 4. The van der Waals surface area contributed by atoms with Crippen LogP contribution in [0, 0.1) is 36.8 Å². The summed E-state index contributed by atoms with van der Waals surface area (Å²) >= 11 is 0. The Bertz CT molecular complexity index is 1220. The lowest BCUT2D eigenvalue weighted by molar-refractivity contribution is 0.478. The van der Waals surface area contributed by atoms with Crippen molar-refractivity contribution in [2.45, 2.75) is 37.6 Å². The van der Waals surface area contributed by atoms with E-state index in [0.29, 0.717) is 11.1 Å². The molecule has 0 amide bonds. The Kier molecular flexibility index (Phi) is 5.91. The molecule has 3 rings (SSSR count). The second-order valence-corrected chi connectivity index (χ2v) is 8.53. The number of nitriles is 1. The van der Waals surface area contributed by atoms with Crippen molar-refractivity contribution < 1.29 is 17.2 Å². The predicted molar refractivity (Wildman–Crippen MR) is 103 cm³/mol. The van der Waals surface area contributed by atoms with Gasteiger partial charge in [0.05, 0.1) is 16.5 Å². The maximum atomic E-state index is 14.7. The summed E-state index contributed by atoms with van der Waals surface area (Å²) in [5, 5.41) is 22.4. The van der Waals surface area contributed by atoms with Crippen LogP contribution in [0.4, 0.5) is 8.78 Å². The van der Waals surface area contributed by atoms with Crippen LogP contribution in [-0.4, -0.2) is 29.0 Å². The highest BCUT2D eigenvalue weighted by molar-refractivity contribution is 7.89. The number of aryl methyl sites for hydroxylation is 1. The molecule has 0 radical (unpaired) electrons. The summed E-state index contributed by atoms with van der Waals surface area (Å²) in [5.41, 5.74) is 1.40. The molecule has 0 spiro atoms. The Labute approximate surface area is 172 Å². The van der Waals surface area contributed by atoms with Crippen LogP contribution in [0.1, 0.15) is 47.0 Å². The van der Waals surface area contributed by atoms with Gasteiger partial charge in [-0.2, -0.15) is 15.2 Å². The summed E-state index contributed by atoms with van der Waals surface area (Å²) in [7, 11) is -4.24. The summed E-state index contributed by atoms with van der Waals surface area (Å²) in [5.74, 6) is -2.04. The molecule has 0 fully saturated rings. The molecule has 156 valence electrons. The van der Waals surface area contributed by atoms with E-state index >= 15 is 0 Å². The third kappa shape index (κ3) is 4.05. The highest BCUT2D eigenvalue weighted by Gasteiger charge is 2.32. The normalized spacial score (nSPS) is 13.6. The van der Waals surface area contributed by atoms with Gasteiger partial charge in [-0.25, -0.2) is 17.2 Å². The van der Waals surface area contributed by atoms with Gasteiger partial charge < -0.3 is 0 Å². The second kappa shape index (κ2) is 8.25. The number of aromatic amines is 1. The quantitative estimate of drug-likeness (QED) is 0.617. The van der Waals surface area contributed by atoms with Crippen LogP contribution in [0.25, 0.3) is 0 Å². The van der Waals surface area contributed by atoms with Crippen molar-refractivity contribution in [2.75, 3.05) is 0 Å². The second-order valence-electron chi connectivity index (χ2n) is 6.81. The lowest BCUT2D eigenvalue weighted by Crippen LogP contribution is -2.33. The molecular formula is C19H18F2N6O2S. The van der Waals surface area contributed by atoms with Gasteiger partial charge in [0, 0.05) is 5.92 Å². The minimum Gasteiger partial charge on any atom is -0.207 e. The highest BCUT2D eigenvalue weighted by atomic mass is 32.2. The SMILES string of the molecule is Cc1ccc(F)c(C(C)C(NS(=O)(=O)c2ccc(F)c(C#N)c2)c2nn[nH]n2)c1C. The van der Waals surface area contributed by atoms with Crippen molar-refractivity contribution in [2.24, 2.45) is 0 Å². The summed E-state index contributed by atoms with van der Waals surface area (Å²) in [4.78, 5) is -0.317. The van der Waals surface area contributed by atoms with Crippen molar-refractivity contribution in [1.29, 1.82) is 5.26 Å². The number of rotatable bonds is 6. The van der Waals surface area contributed by atoms with Gasteiger partial charge in [0.2, 0.25) is 10.0 Å². The molecule has 0 aliphatic heterocycles. The molecule has 0 aliphatic rings. The summed E-state index contributed by atoms with van der Waals surface area (Å²) in [6, 6.07) is 6.32. The molecule has 1 heterocycles. The maximum Gasteiger partial charge on any atom is 0.241 e. The van der Waals surface area contributed by atoms with Crippen molar-refractivity contribution >= 4 is 10.0 Å². The highest BCUT2D eigenvalue weighted by Crippen LogP contribution is 2.34. The fourth-order valence-corrected chi connectivity index (χ4v) is 4.50. The van der Waals surface area contributed by atoms with E-state index in [2.05, 4.69) is 25.3 Å². The summed E-state index contributed by atoms with van der Waals surface area (Å²) < 4.78 is 56.6. The van der Waals surface area contributed by atoms with Crippen molar-refractivity contribution in [1.82, 2.24) is 25.3 Å². The number of sulfonamides is 1. The number of halogens is 2. The number of nitrogens with one attached hydrogen (secondary N) is 2. The standard InChI is InChI=1S/C19H18F2N6O2S/c1-10-4-6-16(21)17(11(10)2)12(3)18(19-23-26-27-24-19)25-30(28,29)14-5-7-15(20)13(8-14)9-22/h4-8,12,18,25H,1-3H3,(H,23,24,26,27). The van der Waals surface area contributed by atoms with Gasteiger partial charge >= 0.3 is 0 Å². The van der Waals surface area contributed by atoms with Gasteiger partial charge in [-0.3, -0.25) is 0 Å². The third-order valence-corrected chi connectivity index (χ3v) is 6.42. The fourth-order valence-electron chi connectivity index (χ4n) is 3.20. The zero-order chi connectivity index (χ0) is 22.1. The molecule has 3 aromatic rings. The van der Waals surface area contributed by atoms with Gasteiger partial charge in [-0.05, 0) is 54.8 Å². The minimum absolute atomic E-state index is 0.00833. The molecule has 2 atom stereocenters. The zero-order valence-electron chi connectivity index (χ0n) is 16.3. The first-order chi connectivity index (χ1) is 14.2. The average Bonchev–Trinajstić information content (AvgIpc) is 3.24. The van der Waals surface area contributed by atoms with Crippen LogP contribution < -0.4 is 4.72 Å². The van der Waals surface area contributed by atoms with Gasteiger partial charge in [0.25, 0.3) is 0 Å². The molecule has 2 aromatic carbocycles. The lowest BCUT2D eigenvalue weighted by atomic mass is 9.88. The Balaban J connectivity index is 2.07. The van der Waals surface area contributed by atoms with Crippen LogP contribution in [0.2, 0.25) is 0 Å². The molecule has 2 N–H and O–H groups in total. The monoisotopic (exact) mass is 432 g/mol. The Hall–Kier alpha value is -3.23. The molecular weight excluding hydrogens is 414 g/mol. The van der Waals surface area contributed by atoms with Gasteiger partial charge in [0.15, 0.2) is 5.82 Å².